The minimum Gasteiger partial charge on any atom is -0.462 e. The Bertz CT molecular complexity index is 575. The molecule has 134 valence electrons. The van der Waals surface area contributed by atoms with Crippen molar-refractivity contribution in [2.45, 2.75) is 40.5 Å². The van der Waals surface area contributed by atoms with E-state index in [1.165, 1.54) is 17.8 Å². The Kier molecular flexibility index (Phi) is 6.80. The molecule has 2 heterocycles. The zero-order chi connectivity index (χ0) is 17.7. The molecule has 1 fully saturated rings. The summed E-state index contributed by atoms with van der Waals surface area (Å²) in [4.78, 5) is 27.8. The lowest BCUT2D eigenvalue weighted by Crippen LogP contribution is -2.42. The second-order valence-electron chi connectivity index (χ2n) is 6.72. The van der Waals surface area contributed by atoms with Crippen LogP contribution < -0.4 is 5.32 Å². The highest BCUT2D eigenvalue weighted by molar-refractivity contribution is 7.16. The SMILES string of the molecule is CCOC(=O)c1cc(CC)sc1NC(=O)CN1CC(C)CC(C)C1. The molecular weight excluding hydrogens is 324 g/mol. The van der Waals surface area contributed by atoms with Crippen LogP contribution in [0.15, 0.2) is 6.07 Å². The van der Waals surface area contributed by atoms with Gasteiger partial charge in [0.25, 0.3) is 0 Å². The first-order valence-electron chi connectivity index (χ1n) is 8.74. The summed E-state index contributed by atoms with van der Waals surface area (Å²) in [7, 11) is 0. The fourth-order valence-corrected chi connectivity index (χ4v) is 4.36. The van der Waals surface area contributed by atoms with E-state index in [9.17, 15) is 9.59 Å². The summed E-state index contributed by atoms with van der Waals surface area (Å²) >= 11 is 1.45. The van der Waals surface area contributed by atoms with Crippen LogP contribution in [-0.2, 0) is 16.0 Å². The molecule has 0 aromatic carbocycles. The molecule has 2 atom stereocenters. The van der Waals surface area contributed by atoms with Gasteiger partial charge in [0.15, 0.2) is 0 Å². The van der Waals surface area contributed by atoms with Gasteiger partial charge in [0.05, 0.1) is 18.7 Å². The number of aryl methyl sites for hydroxylation is 1. The number of likely N-dealkylation sites (tertiary alicyclic amines) is 1. The van der Waals surface area contributed by atoms with Crippen molar-refractivity contribution in [3.05, 3.63) is 16.5 Å². The van der Waals surface area contributed by atoms with Crippen molar-refractivity contribution in [1.29, 1.82) is 0 Å². The van der Waals surface area contributed by atoms with Crippen molar-refractivity contribution in [2.24, 2.45) is 11.8 Å². The van der Waals surface area contributed by atoms with E-state index >= 15 is 0 Å². The Hall–Kier alpha value is -1.40. The average molecular weight is 353 g/mol. The van der Waals surface area contributed by atoms with Crippen molar-refractivity contribution >= 4 is 28.2 Å². The summed E-state index contributed by atoms with van der Waals surface area (Å²) in [6, 6.07) is 1.82. The highest BCUT2D eigenvalue weighted by atomic mass is 32.1. The lowest BCUT2D eigenvalue weighted by Gasteiger charge is -2.34. The van der Waals surface area contributed by atoms with Gasteiger partial charge in [-0.15, -0.1) is 11.3 Å². The molecule has 1 amide bonds. The summed E-state index contributed by atoms with van der Waals surface area (Å²) in [5, 5.41) is 3.52. The lowest BCUT2D eigenvalue weighted by atomic mass is 9.92. The molecule has 0 radical (unpaired) electrons. The van der Waals surface area contributed by atoms with E-state index < -0.39 is 0 Å². The Balaban J connectivity index is 2.02. The topological polar surface area (TPSA) is 58.6 Å². The van der Waals surface area contributed by atoms with Crippen LogP contribution in [0.1, 0.15) is 49.4 Å². The highest BCUT2D eigenvalue weighted by Gasteiger charge is 2.24. The van der Waals surface area contributed by atoms with Crippen molar-refractivity contribution in [3.63, 3.8) is 0 Å². The smallest absolute Gasteiger partial charge is 0.341 e. The molecule has 24 heavy (non-hydrogen) atoms. The average Bonchev–Trinajstić information content (AvgIpc) is 2.89. The molecule has 1 aromatic rings. The Morgan fingerprint density at radius 2 is 1.96 bits per heavy atom. The zero-order valence-corrected chi connectivity index (χ0v) is 15.9. The van der Waals surface area contributed by atoms with Crippen LogP contribution in [-0.4, -0.2) is 43.0 Å². The number of rotatable bonds is 6. The van der Waals surface area contributed by atoms with Gasteiger partial charge in [0, 0.05) is 18.0 Å². The molecular formula is C18H28N2O3S. The maximum atomic E-state index is 12.4. The van der Waals surface area contributed by atoms with Crippen molar-refractivity contribution in [2.75, 3.05) is 31.6 Å². The van der Waals surface area contributed by atoms with Crippen molar-refractivity contribution < 1.29 is 14.3 Å². The van der Waals surface area contributed by atoms with E-state index in [-0.39, 0.29) is 11.9 Å². The molecule has 2 rings (SSSR count). The molecule has 1 N–H and O–H groups in total. The third kappa shape index (κ3) is 5.05. The van der Waals surface area contributed by atoms with Crippen LogP contribution in [0.2, 0.25) is 0 Å². The van der Waals surface area contributed by atoms with Crippen molar-refractivity contribution in [3.8, 4) is 0 Å². The van der Waals surface area contributed by atoms with Gasteiger partial charge in [-0.25, -0.2) is 4.79 Å². The Labute approximate surface area is 148 Å². The van der Waals surface area contributed by atoms with Crippen LogP contribution in [0, 0.1) is 11.8 Å². The van der Waals surface area contributed by atoms with E-state index in [1.807, 2.05) is 13.0 Å². The summed E-state index contributed by atoms with van der Waals surface area (Å²) in [6.07, 6.45) is 2.05. The third-order valence-electron chi connectivity index (χ3n) is 4.19. The number of nitrogens with zero attached hydrogens (tertiary/aromatic N) is 1. The lowest BCUT2D eigenvalue weighted by molar-refractivity contribution is -0.117. The van der Waals surface area contributed by atoms with Crippen LogP contribution in [0.5, 0.6) is 0 Å². The molecule has 1 aliphatic rings. The van der Waals surface area contributed by atoms with Crippen LogP contribution in [0.4, 0.5) is 5.00 Å². The molecule has 1 aromatic heterocycles. The van der Waals surface area contributed by atoms with Gasteiger partial charge in [0.2, 0.25) is 5.91 Å². The van der Waals surface area contributed by atoms with E-state index in [0.29, 0.717) is 35.6 Å². The van der Waals surface area contributed by atoms with E-state index in [0.717, 1.165) is 24.4 Å². The second-order valence-corrected chi connectivity index (χ2v) is 7.85. The number of ether oxygens (including phenoxy) is 1. The zero-order valence-electron chi connectivity index (χ0n) is 15.1. The number of carbonyl (C=O) groups is 2. The molecule has 0 spiro atoms. The predicted molar refractivity (Wildman–Crippen MR) is 97.7 cm³/mol. The van der Waals surface area contributed by atoms with E-state index in [2.05, 4.69) is 24.1 Å². The first-order valence-corrected chi connectivity index (χ1v) is 9.56. The normalized spacial score (nSPS) is 21.5. The van der Waals surface area contributed by atoms with Gasteiger partial charge < -0.3 is 10.1 Å². The first-order chi connectivity index (χ1) is 11.4. The fraction of sp³-hybridized carbons (Fsp3) is 0.667. The number of anilines is 1. The number of nitrogens with one attached hydrogen (secondary N) is 1. The van der Waals surface area contributed by atoms with Crippen LogP contribution in [0.3, 0.4) is 0 Å². The number of thiophene rings is 1. The van der Waals surface area contributed by atoms with E-state index in [4.69, 9.17) is 4.74 Å². The molecule has 0 aliphatic carbocycles. The number of hydrogen-bond acceptors (Lipinski definition) is 5. The summed E-state index contributed by atoms with van der Waals surface area (Å²) < 4.78 is 5.09. The minimum atomic E-state index is -0.371. The third-order valence-corrected chi connectivity index (χ3v) is 5.39. The Morgan fingerprint density at radius 3 is 2.54 bits per heavy atom. The van der Waals surface area contributed by atoms with Crippen LogP contribution in [0.25, 0.3) is 0 Å². The largest absolute Gasteiger partial charge is 0.462 e. The number of carbonyl (C=O) groups excluding carboxylic acids is 2. The van der Waals surface area contributed by atoms with Gasteiger partial charge >= 0.3 is 5.97 Å². The summed E-state index contributed by atoms with van der Waals surface area (Å²) in [5.41, 5.74) is 0.465. The molecule has 6 heteroatoms. The number of piperidine rings is 1. The first kappa shape index (κ1) is 18.9. The second kappa shape index (κ2) is 8.62. The predicted octanol–water partition coefficient (Wildman–Crippen LogP) is 3.40. The van der Waals surface area contributed by atoms with Gasteiger partial charge in [-0.3, -0.25) is 9.69 Å². The Morgan fingerprint density at radius 1 is 1.29 bits per heavy atom. The van der Waals surface area contributed by atoms with Gasteiger partial charge in [0.1, 0.15) is 5.00 Å². The molecule has 0 bridgehead atoms. The van der Waals surface area contributed by atoms with Gasteiger partial charge in [-0.1, -0.05) is 20.8 Å². The maximum absolute atomic E-state index is 12.4. The van der Waals surface area contributed by atoms with Gasteiger partial charge in [-0.05, 0) is 37.7 Å². The molecule has 1 aliphatic heterocycles. The van der Waals surface area contributed by atoms with Gasteiger partial charge in [-0.2, -0.15) is 0 Å². The highest BCUT2D eigenvalue weighted by Crippen LogP contribution is 2.29. The minimum absolute atomic E-state index is 0.0636. The summed E-state index contributed by atoms with van der Waals surface area (Å²) in [5.74, 6) is 0.797. The van der Waals surface area contributed by atoms with E-state index in [1.54, 1.807) is 6.92 Å². The maximum Gasteiger partial charge on any atom is 0.341 e. The monoisotopic (exact) mass is 352 g/mol. The molecule has 5 nitrogen and oxygen atoms in total. The van der Waals surface area contributed by atoms with Crippen molar-refractivity contribution in [1.82, 2.24) is 4.90 Å². The molecule has 0 saturated carbocycles. The fourth-order valence-electron chi connectivity index (χ4n) is 3.36. The quantitative estimate of drug-likeness (QED) is 0.797. The number of amides is 1. The van der Waals surface area contributed by atoms with Crippen LogP contribution >= 0.6 is 11.3 Å². The summed E-state index contributed by atoms with van der Waals surface area (Å²) in [6.45, 7) is 10.9. The molecule has 1 saturated heterocycles. The number of esters is 1. The number of hydrogen-bond donors (Lipinski definition) is 1. The standard InChI is InChI=1S/C18H28N2O3S/c1-5-14-8-15(18(22)23-6-2)17(24-14)19-16(21)11-20-9-12(3)7-13(4)10-20/h8,12-13H,5-7,9-11H2,1-4H3,(H,19,21). The molecule has 2 unspecified atom stereocenters.